The number of benzene rings is 2. The minimum absolute atomic E-state index is 0.385. The van der Waals surface area contributed by atoms with Crippen molar-refractivity contribution >= 4 is 23.5 Å². The Morgan fingerprint density at radius 3 is 2.41 bits per heavy atom. The van der Waals surface area contributed by atoms with Crippen molar-refractivity contribution < 1.29 is 18.8 Å². The van der Waals surface area contributed by atoms with E-state index in [2.05, 4.69) is 10.6 Å². The summed E-state index contributed by atoms with van der Waals surface area (Å²) in [6.45, 7) is 1.51. The molecule has 1 aliphatic rings. The topological polar surface area (TPSA) is 78.5 Å². The third-order valence-electron chi connectivity index (χ3n) is 4.50. The second kappa shape index (κ2) is 7.57. The average Bonchev–Trinajstić information content (AvgIpc) is 2.90. The Balaban J connectivity index is 1.78. The van der Waals surface area contributed by atoms with Crippen molar-refractivity contribution in [3.8, 4) is 0 Å². The lowest BCUT2D eigenvalue weighted by atomic mass is 9.85. The first-order chi connectivity index (χ1) is 13.0. The van der Waals surface area contributed by atoms with Crippen LogP contribution in [0, 0.1) is 5.82 Å². The molecule has 1 saturated heterocycles. The van der Waals surface area contributed by atoms with E-state index >= 15 is 0 Å². The van der Waals surface area contributed by atoms with Gasteiger partial charge >= 0.3 is 6.03 Å². The van der Waals surface area contributed by atoms with Crippen LogP contribution in [0.1, 0.15) is 25.3 Å². The highest BCUT2D eigenvalue weighted by Crippen LogP contribution is 2.33. The maximum atomic E-state index is 13.1. The molecular formula is C20H20FN3O3. The maximum Gasteiger partial charge on any atom is 0.325 e. The number of hydrogen-bond donors (Lipinski definition) is 2. The number of rotatable bonds is 6. The van der Waals surface area contributed by atoms with Crippen molar-refractivity contribution in [2.75, 3.05) is 11.9 Å². The molecule has 140 valence electrons. The number of carbonyl (C=O) groups excluding carboxylic acids is 3. The van der Waals surface area contributed by atoms with E-state index in [1.807, 2.05) is 13.0 Å². The molecule has 1 fully saturated rings. The van der Waals surface area contributed by atoms with E-state index in [-0.39, 0.29) is 0 Å². The predicted molar refractivity (Wildman–Crippen MR) is 98.3 cm³/mol. The van der Waals surface area contributed by atoms with Crippen molar-refractivity contribution in [2.24, 2.45) is 0 Å². The fraction of sp³-hybridized carbons (Fsp3) is 0.250. The molecule has 27 heavy (non-hydrogen) atoms. The van der Waals surface area contributed by atoms with Gasteiger partial charge in [0.25, 0.3) is 5.91 Å². The van der Waals surface area contributed by atoms with Gasteiger partial charge in [0.15, 0.2) is 0 Å². The van der Waals surface area contributed by atoms with Gasteiger partial charge in [-0.2, -0.15) is 0 Å². The summed E-state index contributed by atoms with van der Waals surface area (Å²) in [5.41, 5.74) is -0.0912. The first kappa shape index (κ1) is 18.6. The fourth-order valence-corrected chi connectivity index (χ4v) is 3.25. The van der Waals surface area contributed by atoms with Crippen LogP contribution in [-0.4, -0.2) is 29.3 Å². The number of amides is 4. The summed E-state index contributed by atoms with van der Waals surface area (Å²) in [6.07, 6.45) is 1.11. The average molecular weight is 369 g/mol. The molecule has 0 bridgehead atoms. The molecule has 6 nitrogen and oxygen atoms in total. The largest absolute Gasteiger partial charge is 0.325 e. The van der Waals surface area contributed by atoms with Crippen LogP contribution in [0.5, 0.6) is 0 Å². The maximum absolute atomic E-state index is 13.1. The van der Waals surface area contributed by atoms with Crippen molar-refractivity contribution in [1.29, 1.82) is 0 Å². The number of hydrogen-bond acceptors (Lipinski definition) is 3. The molecule has 0 aliphatic carbocycles. The molecule has 0 radical (unpaired) electrons. The van der Waals surface area contributed by atoms with Crippen LogP contribution in [-0.2, 0) is 15.1 Å². The molecule has 4 amide bonds. The highest BCUT2D eigenvalue weighted by atomic mass is 19.1. The molecule has 0 saturated carbocycles. The van der Waals surface area contributed by atoms with Gasteiger partial charge in [0.05, 0.1) is 0 Å². The number of carbonyl (C=O) groups is 3. The summed E-state index contributed by atoms with van der Waals surface area (Å²) in [7, 11) is 0. The van der Waals surface area contributed by atoms with Gasteiger partial charge in [-0.05, 0) is 36.2 Å². The molecule has 0 spiro atoms. The molecule has 1 atom stereocenters. The lowest BCUT2D eigenvalue weighted by Crippen LogP contribution is -2.44. The van der Waals surface area contributed by atoms with E-state index in [0.29, 0.717) is 24.1 Å². The van der Waals surface area contributed by atoms with Gasteiger partial charge in [0.2, 0.25) is 5.91 Å². The summed E-state index contributed by atoms with van der Waals surface area (Å²) < 4.78 is 13.0. The Morgan fingerprint density at radius 2 is 1.78 bits per heavy atom. The van der Waals surface area contributed by atoms with Gasteiger partial charge in [0, 0.05) is 5.69 Å². The van der Waals surface area contributed by atoms with Gasteiger partial charge in [-0.3, -0.25) is 14.5 Å². The van der Waals surface area contributed by atoms with Crippen molar-refractivity contribution in [1.82, 2.24) is 10.2 Å². The number of halogens is 1. The number of nitrogens with one attached hydrogen (secondary N) is 2. The monoisotopic (exact) mass is 369 g/mol. The summed E-state index contributed by atoms with van der Waals surface area (Å²) >= 11 is 0. The van der Waals surface area contributed by atoms with E-state index in [4.69, 9.17) is 0 Å². The smallest absolute Gasteiger partial charge is 0.325 e. The SMILES string of the molecule is CCC[C@]1(c2ccccc2)NC(=O)N(CC(=O)Nc2ccc(F)cc2)C1=O. The minimum Gasteiger partial charge on any atom is -0.325 e. The molecule has 0 aromatic heterocycles. The molecule has 0 unspecified atom stereocenters. The predicted octanol–water partition coefficient (Wildman–Crippen LogP) is 3.01. The third kappa shape index (κ3) is 3.67. The quantitative estimate of drug-likeness (QED) is 0.769. The summed E-state index contributed by atoms with van der Waals surface area (Å²) in [5, 5.41) is 5.33. The third-order valence-corrected chi connectivity index (χ3v) is 4.50. The molecule has 7 heteroatoms. The Kier molecular flexibility index (Phi) is 5.21. The van der Waals surface area contributed by atoms with Gasteiger partial charge < -0.3 is 10.6 Å². The molecule has 1 heterocycles. The van der Waals surface area contributed by atoms with E-state index in [1.54, 1.807) is 24.3 Å². The standard InChI is InChI=1S/C20H20FN3O3/c1-2-12-20(14-6-4-3-5-7-14)18(26)24(19(27)23-20)13-17(25)22-16-10-8-15(21)9-11-16/h3-11H,2,12-13H2,1H3,(H,22,25)(H,23,27)/t20-/m1/s1. The number of nitrogens with zero attached hydrogens (tertiary/aromatic N) is 1. The second-order valence-electron chi connectivity index (χ2n) is 6.40. The second-order valence-corrected chi connectivity index (χ2v) is 6.40. The fourth-order valence-electron chi connectivity index (χ4n) is 3.25. The minimum atomic E-state index is -1.16. The van der Waals surface area contributed by atoms with Crippen LogP contribution in [0.4, 0.5) is 14.9 Å². The zero-order chi connectivity index (χ0) is 19.4. The molecule has 2 aromatic carbocycles. The van der Waals surface area contributed by atoms with Crippen LogP contribution < -0.4 is 10.6 Å². The normalized spacial score (nSPS) is 19.1. The lowest BCUT2D eigenvalue weighted by molar-refractivity contribution is -0.134. The van der Waals surface area contributed by atoms with Gasteiger partial charge in [-0.1, -0.05) is 43.7 Å². The first-order valence-corrected chi connectivity index (χ1v) is 8.71. The summed E-state index contributed by atoms with van der Waals surface area (Å²) in [6, 6.07) is 13.6. The van der Waals surface area contributed by atoms with Gasteiger partial charge in [-0.15, -0.1) is 0 Å². The molecule has 2 aromatic rings. The van der Waals surface area contributed by atoms with E-state index in [1.165, 1.54) is 24.3 Å². The Hall–Kier alpha value is -3.22. The summed E-state index contributed by atoms with van der Waals surface area (Å²) in [4.78, 5) is 38.7. The van der Waals surface area contributed by atoms with Crippen LogP contribution in [0.25, 0.3) is 0 Å². The number of anilines is 1. The highest BCUT2D eigenvalue weighted by Gasteiger charge is 2.52. The van der Waals surface area contributed by atoms with Crippen LogP contribution in [0.2, 0.25) is 0 Å². The molecular weight excluding hydrogens is 349 g/mol. The molecule has 2 N–H and O–H groups in total. The van der Waals surface area contributed by atoms with Crippen LogP contribution in [0.15, 0.2) is 54.6 Å². The van der Waals surface area contributed by atoms with Crippen LogP contribution >= 0.6 is 0 Å². The van der Waals surface area contributed by atoms with E-state index in [9.17, 15) is 18.8 Å². The molecule has 1 aliphatic heterocycles. The zero-order valence-corrected chi connectivity index (χ0v) is 14.9. The number of urea groups is 1. The van der Waals surface area contributed by atoms with Crippen molar-refractivity contribution in [3.05, 3.63) is 66.0 Å². The Bertz CT molecular complexity index is 855. The van der Waals surface area contributed by atoms with E-state index in [0.717, 1.165) is 4.90 Å². The van der Waals surface area contributed by atoms with Gasteiger partial charge in [-0.25, -0.2) is 9.18 Å². The van der Waals surface area contributed by atoms with Crippen LogP contribution in [0.3, 0.4) is 0 Å². The summed E-state index contributed by atoms with van der Waals surface area (Å²) in [5.74, 6) is -1.41. The molecule has 3 rings (SSSR count). The van der Waals surface area contributed by atoms with Gasteiger partial charge in [0.1, 0.15) is 17.9 Å². The highest BCUT2D eigenvalue weighted by molar-refractivity contribution is 6.10. The first-order valence-electron chi connectivity index (χ1n) is 8.71. The van der Waals surface area contributed by atoms with E-state index < -0.39 is 35.7 Å². The Labute approximate surface area is 156 Å². The number of imide groups is 1. The van der Waals surface area contributed by atoms with Crippen molar-refractivity contribution in [2.45, 2.75) is 25.3 Å². The van der Waals surface area contributed by atoms with Crippen molar-refractivity contribution in [3.63, 3.8) is 0 Å². The Morgan fingerprint density at radius 1 is 1.11 bits per heavy atom. The zero-order valence-electron chi connectivity index (χ0n) is 14.9. The lowest BCUT2D eigenvalue weighted by Gasteiger charge is -2.26.